The Morgan fingerprint density at radius 1 is 0.966 bits per heavy atom. The van der Waals surface area contributed by atoms with Gasteiger partial charge in [0.2, 0.25) is 0 Å². The first-order valence-corrected chi connectivity index (χ1v) is 9.91. The van der Waals surface area contributed by atoms with Crippen molar-refractivity contribution in [1.29, 1.82) is 0 Å². The van der Waals surface area contributed by atoms with Crippen LogP contribution in [0.3, 0.4) is 0 Å². The third-order valence-electron chi connectivity index (χ3n) is 5.54. The minimum atomic E-state index is -0.481. The topological polar surface area (TPSA) is 65.1 Å². The molecule has 7 nitrogen and oxygen atoms in total. The second-order valence-corrected chi connectivity index (χ2v) is 7.40. The van der Waals surface area contributed by atoms with Crippen molar-refractivity contribution in [2.75, 3.05) is 44.9 Å². The van der Waals surface area contributed by atoms with Crippen LogP contribution in [0.2, 0.25) is 0 Å². The van der Waals surface area contributed by atoms with Gasteiger partial charge in [0.05, 0.1) is 13.8 Å². The molecule has 0 unspecified atom stereocenters. The second-order valence-electron chi connectivity index (χ2n) is 7.40. The molecule has 0 aromatic heterocycles. The van der Waals surface area contributed by atoms with Gasteiger partial charge in [-0.25, -0.2) is 9.69 Å². The number of methoxy groups -OCH3 is 1. The summed E-state index contributed by atoms with van der Waals surface area (Å²) in [6, 6.07) is 17.0. The molecule has 3 amide bonds. The van der Waals surface area contributed by atoms with E-state index in [1.54, 1.807) is 7.11 Å². The number of imide groups is 1. The molecule has 2 aliphatic rings. The van der Waals surface area contributed by atoms with Crippen LogP contribution < -0.4 is 15.0 Å². The molecule has 0 bridgehead atoms. The molecule has 4 rings (SSSR count). The van der Waals surface area contributed by atoms with E-state index < -0.39 is 6.04 Å². The molecule has 29 heavy (non-hydrogen) atoms. The molecular formula is C22H26N4O3. The molecule has 7 heteroatoms. The van der Waals surface area contributed by atoms with Crippen molar-refractivity contribution >= 4 is 17.6 Å². The maximum Gasteiger partial charge on any atom is 0.325 e. The normalized spacial score (nSPS) is 20.1. The highest BCUT2D eigenvalue weighted by atomic mass is 16.5. The van der Waals surface area contributed by atoms with Crippen molar-refractivity contribution in [2.24, 2.45) is 0 Å². The number of hydrogen-bond acceptors (Lipinski definition) is 5. The monoisotopic (exact) mass is 394 g/mol. The highest BCUT2D eigenvalue weighted by Crippen LogP contribution is 2.21. The molecule has 0 radical (unpaired) electrons. The van der Waals surface area contributed by atoms with Crippen LogP contribution >= 0.6 is 0 Å². The van der Waals surface area contributed by atoms with Crippen molar-refractivity contribution in [3.05, 3.63) is 60.2 Å². The van der Waals surface area contributed by atoms with Gasteiger partial charge < -0.3 is 15.0 Å². The molecule has 2 aromatic carbocycles. The molecule has 1 N–H and O–H groups in total. The zero-order valence-corrected chi connectivity index (χ0v) is 16.6. The van der Waals surface area contributed by atoms with Gasteiger partial charge in [-0.3, -0.25) is 9.69 Å². The number of benzene rings is 2. The van der Waals surface area contributed by atoms with Crippen LogP contribution in [0.25, 0.3) is 0 Å². The third kappa shape index (κ3) is 4.35. The number of carbonyl (C=O) groups is 2. The standard InChI is InChI=1S/C22H26N4O3/c1-29-19-9-7-18(8-10-19)25-13-11-24(12-14-25)16-26-21(27)20(23-22(26)28)15-17-5-3-2-4-6-17/h2-10,20H,11-16H2,1H3,(H,23,28)/t20-/m1/s1. The van der Waals surface area contributed by atoms with Crippen LogP contribution in [0.5, 0.6) is 5.75 Å². The fourth-order valence-corrected chi connectivity index (χ4v) is 3.84. The first-order valence-electron chi connectivity index (χ1n) is 9.91. The zero-order chi connectivity index (χ0) is 20.2. The summed E-state index contributed by atoms with van der Waals surface area (Å²) >= 11 is 0. The second kappa shape index (κ2) is 8.53. The Bertz CT molecular complexity index is 848. The smallest absolute Gasteiger partial charge is 0.325 e. The SMILES string of the molecule is COc1ccc(N2CCN(CN3C(=O)N[C@H](Cc4ccccc4)C3=O)CC2)cc1. The lowest BCUT2D eigenvalue weighted by Crippen LogP contribution is -2.51. The largest absolute Gasteiger partial charge is 0.497 e. The number of ether oxygens (including phenoxy) is 1. The fraction of sp³-hybridized carbons (Fsp3) is 0.364. The summed E-state index contributed by atoms with van der Waals surface area (Å²) in [5.74, 6) is 0.701. The Morgan fingerprint density at radius 2 is 1.66 bits per heavy atom. The van der Waals surface area contributed by atoms with Crippen LogP contribution in [0.15, 0.2) is 54.6 Å². The molecule has 2 saturated heterocycles. The van der Waals surface area contributed by atoms with Crippen LogP contribution in [0.4, 0.5) is 10.5 Å². The van der Waals surface area contributed by atoms with E-state index in [0.29, 0.717) is 13.1 Å². The molecule has 2 aromatic rings. The van der Waals surface area contributed by atoms with Gasteiger partial charge >= 0.3 is 6.03 Å². The third-order valence-corrected chi connectivity index (χ3v) is 5.54. The van der Waals surface area contributed by atoms with E-state index in [0.717, 1.165) is 43.2 Å². The minimum Gasteiger partial charge on any atom is -0.497 e. The van der Waals surface area contributed by atoms with Gasteiger partial charge in [0.25, 0.3) is 5.91 Å². The average Bonchev–Trinajstić information content (AvgIpc) is 3.02. The molecule has 2 heterocycles. The Kier molecular flexibility index (Phi) is 5.67. The van der Waals surface area contributed by atoms with Gasteiger partial charge in [0.15, 0.2) is 0 Å². The van der Waals surface area contributed by atoms with Crippen molar-refractivity contribution in [1.82, 2.24) is 15.1 Å². The van der Waals surface area contributed by atoms with E-state index in [2.05, 4.69) is 27.2 Å². The Morgan fingerprint density at radius 3 is 2.31 bits per heavy atom. The van der Waals surface area contributed by atoms with E-state index in [4.69, 9.17) is 4.74 Å². The summed E-state index contributed by atoms with van der Waals surface area (Å²) in [6.07, 6.45) is 0.521. The van der Waals surface area contributed by atoms with Crippen LogP contribution in [0.1, 0.15) is 5.56 Å². The van der Waals surface area contributed by atoms with E-state index in [1.165, 1.54) is 4.90 Å². The van der Waals surface area contributed by atoms with Crippen LogP contribution in [-0.4, -0.2) is 67.7 Å². The van der Waals surface area contributed by atoms with Gasteiger partial charge in [-0.2, -0.15) is 0 Å². The lowest BCUT2D eigenvalue weighted by molar-refractivity contribution is -0.129. The van der Waals surface area contributed by atoms with Crippen molar-refractivity contribution in [3.8, 4) is 5.75 Å². The van der Waals surface area contributed by atoms with Crippen LogP contribution in [0, 0.1) is 0 Å². The first-order chi connectivity index (χ1) is 14.1. The maximum atomic E-state index is 12.7. The van der Waals surface area contributed by atoms with Gasteiger partial charge in [-0.15, -0.1) is 0 Å². The van der Waals surface area contributed by atoms with E-state index in [9.17, 15) is 9.59 Å². The molecule has 2 aliphatic heterocycles. The maximum absolute atomic E-state index is 12.7. The number of urea groups is 1. The lowest BCUT2D eigenvalue weighted by atomic mass is 10.1. The number of hydrogen-bond donors (Lipinski definition) is 1. The Labute approximate surface area is 170 Å². The van der Waals surface area contributed by atoms with Crippen molar-refractivity contribution < 1.29 is 14.3 Å². The number of amides is 3. The predicted octanol–water partition coefficient (Wildman–Crippen LogP) is 1.94. The van der Waals surface area contributed by atoms with E-state index in [-0.39, 0.29) is 11.9 Å². The summed E-state index contributed by atoms with van der Waals surface area (Å²) in [4.78, 5) is 30.9. The number of carbonyl (C=O) groups excluding carboxylic acids is 2. The number of rotatable bonds is 6. The average molecular weight is 394 g/mol. The molecule has 0 aliphatic carbocycles. The summed E-state index contributed by atoms with van der Waals surface area (Å²) in [5, 5.41) is 2.83. The van der Waals surface area contributed by atoms with Crippen molar-refractivity contribution in [3.63, 3.8) is 0 Å². The van der Waals surface area contributed by atoms with Gasteiger partial charge in [0.1, 0.15) is 11.8 Å². The molecule has 1 atom stereocenters. The summed E-state index contributed by atoms with van der Waals surface area (Å²) in [7, 11) is 1.66. The number of nitrogens with zero attached hydrogens (tertiary/aromatic N) is 3. The first kappa shape index (κ1) is 19.3. The quantitative estimate of drug-likeness (QED) is 0.759. The summed E-state index contributed by atoms with van der Waals surface area (Å²) in [5.41, 5.74) is 2.20. The minimum absolute atomic E-state index is 0.142. The molecular weight excluding hydrogens is 368 g/mol. The Balaban J connectivity index is 1.30. The molecule has 2 fully saturated rings. The summed E-state index contributed by atoms with van der Waals surface area (Å²) < 4.78 is 5.21. The number of nitrogens with one attached hydrogen (secondary N) is 1. The highest BCUT2D eigenvalue weighted by molar-refractivity contribution is 6.04. The fourth-order valence-electron chi connectivity index (χ4n) is 3.84. The van der Waals surface area contributed by atoms with E-state index >= 15 is 0 Å². The van der Waals surface area contributed by atoms with Gasteiger partial charge in [-0.05, 0) is 29.8 Å². The van der Waals surface area contributed by atoms with E-state index in [1.807, 2.05) is 42.5 Å². The Hall–Kier alpha value is -3.06. The highest BCUT2D eigenvalue weighted by Gasteiger charge is 2.38. The van der Waals surface area contributed by atoms with Gasteiger partial charge in [0, 0.05) is 38.3 Å². The summed E-state index contributed by atoms with van der Waals surface area (Å²) in [6.45, 7) is 3.64. The molecule has 0 spiro atoms. The number of piperazine rings is 1. The zero-order valence-electron chi connectivity index (χ0n) is 16.6. The van der Waals surface area contributed by atoms with Crippen LogP contribution in [-0.2, 0) is 11.2 Å². The predicted molar refractivity (Wildman–Crippen MR) is 111 cm³/mol. The van der Waals surface area contributed by atoms with Crippen molar-refractivity contribution in [2.45, 2.75) is 12.5 Å². The number of anilines is 1. The molecule has 0 saturated carbocycles. The lowest BCUT2D eigenvalue weighted by Gasteiger charge is -2.37. The molecule has 152 valence electrons. The van der Waals surface area contributed by atoms with Gasteiger partial charge in [-0.1, -0.05) is 30.3 Å².